The molecule has 1 unspecified atom stereocenters. The van der Waals surface area contributed by atoms with Crippen LogP contribution in [0.1, 0.15) is 6.92 Å². The molecule has 0 amide bonds. The van der Waals surface area contributed by atoms with E-state index in [-0.39, 0.29) is 25.1 Å². The fourth-order valence-corrected chi connectivity index (χ4v) is 1.08. The molecule has 0 aliphatic carbocycles. The van der Waals surface area contributed by atoms with Gasteiger partial charge in [-0.1, -0.05) is 0 Å². The van der Waals surface area contributed by atoms with Crippen LogP contribution in [0.3, 0.4) is 0 Å². The average Bonchev–Trinajstić information content (AvgIpc) is 1.59. The van der Waals surface area contributed by atoms with Gasteiger partial charge in [-0.05, 0) is 6.92 Å². The van der Waals surface area contributed by atoms with Gasteiger partial charge in [0.15, 0.2) is 0 Å². The highest BCUT2D eigenvalue weighted by Gasteiger charge is 2.16. The Morgan fingerprint density at radius 3 is 2.09 bits per heavy atom. The van der Waals surface area contributed by atoms with Crippen LogP contribution < -0.4 is 12.4 Å². The topological polar surface area (TPSA) is 40.5 Å². The molecule has 0 aromatic carbocycles. The largest absolute Gasteiger partial charge is 1.00 e. The average molecular weight is 184 g/mol. The molecule has 0 aliphatic heterocycles. The number of hydrogen-bond donors (Lipinski definition) is 2. The lowest BCUT2D eigenvalue weighted by atomic mass is 10.3. The van der Waals surface area contributed by atoms with Crippen molar-refractivity contribution in [3.63, 3.8) is 0 Å². The summed E-state index contributed by atoms with van der Waals surface area (Å²) in [4.78, 5) is 0. The monoisotopic (exact) mass is 183 g/mol. The van der Waals surface area contributed by atoms with Crippen LogP contribution in [0.4, 0.5) is 0 Å². The van der Waals surface area contributed by atoms with E-state index in [1.807, 2.05) is 14.1 Å². The van der Waals surface area contributed by atoms with E-state index in [1.54, 1.807) is 6.92 Å². The Kier molecular flexibility index (Phi) is 7.21. The van der Waals surface area contributed by atoms with Crippen molar-refractivity contribution in [2.45, 2.75) is 13.0 Å². The van der Waals surface area contributed by atoms with E-state index in [9.17, 15) is 0 Å². The Bertz CT molecular complexity index is 96.4. The molecule has 3 nitrogen and oxygen atoms in total. The number of likely N-dealkylation sites (N-methyl/N-ethyl adjacent to an activating group) is 1. The maximum absolute atomic E-state index is 9.02. The zero-order chi connectivity index (χ0) is 8.20. The molecular formula is C7H18ClNO2. The molecular weight excluding hydrogens is 166 g/mol. The third-order valence-corrected chi connectivity index (χ3v) is 1.46. The van der Waals surface area contributed by atoms with Crippen molar-refractivity contribution in [2.75, 3.05) is 33.8 Å². The van der Waals surface area contributed by atoms with Crippen LogP contribution in [0.5, 0.6) is 0 Å². The quantitative estimate of drug-likeness (QED) is 0.443. The minimum atomic E-state index is -0.290. The van der Waals surface area contributed by atoms with Gasteiger partial charge in [0.25, 0.3) is 0 Å². The Morgan fingerprint density at radius 1 is 1.36 bits per heavy atom. The third kappa shape index (κ3) is 8.07. The van der Waals surface area contributed by atoms with Gasteiger partial charge in [0.2, 0.25) is 0 Å². The molecule has 0 fully saturated rings. The van der Waals surface area contributed by atoms with Crippen molar-refractivity contribution in [3.8, 4) is 0 Å². The predicted octanol–water partition coefficient (Wildman–Crippen LogP) is -3.56. The first-order valence-electron chi connectivity index (χ1n) is 3.59. The summed E-state index contributed by atoms with van der Waals surface area (Å²) in [6.45, 7) is 3.34. The van der Waals surface area contributed by atoms with E-state index in [4.69, 9.17) is 10.2 Å². The second-order valence-corrected chi connectivity index (χ2v) is 3.41. The van der Waals surface area contributed by atoms with Gasteiger partial charge in [-0.3, -0.25) is 0 Å². The molecule has 0 saturated heterocycles. The van der Waals surface area contributed by atoms with Gasteiger partial charge < -0.3 is 27.1 Å². The Labute approximate surface area is 74.6 Å². The van der Waals surface area contributed by atoms with Crippen molar-refractivity contribution in [2.24, 2.45) is 0 Å². The Morgan fingerprint density at radius 2 is 1.82 bits per heavy atom. The molecule has 0 spiro atoms. The summed E-state index contributed by atoms with van der Waals surface area (Å²) in [5.74, 6) is 0. The lowest BCUT2D eigenvalue weighted by molar-refractivity contribution is -0.893. The van der Waals surface area contributed by atoms with Gasteiger partial charge in [-0.15, -0.1) is 0 Å². The van der Waals surface area contributed by atoms with E-state index in [1.165, 1.54) is 0 Å². The van der Waals surface area contributed by atoms with Gasteiger partial charge in [-0.2, -0.15) is 0 Å². The highest BCUT2D eigenvalue weighted by molar-refractivity contribution is 4.42. The molecule has 0 rings (SSSR count). The molecule has 0 aromatic rings. The van der Waals surface area contributed by atoms with Crippen molar-refractivity contribution in [1.29, 1.82) is 0 Å². The fraction of sp³-hybridized carbons (Fsp3) is 1.00. The zero-order valence-electron chi connectivity index (χ0n) is 7.42. The molecule has 0 bridgehead atoms. The van der Waals surface area contributed by atoms with Crippen molar-refractivity contribution < 1.29 is 27.1 Å². The molecule has 0 saturated carbocycles. The number of nitrogens with zero attached hydrogens (tertiary/aromatic N) is 1. The van der Waals surface area contributed by atoms with Crippen LogP contribution in [-0.2, 0) is 0 Å². The van der Waals surface area contributed by atoms with Crippen LogP contribution in [0.2, 0.25) is 0 Å². The first-order chi connectivity index (χ1) is 4.48. The van der Waals surface area contributed by atoms with Crippen LogP contribution >= 0.6 is 0 Å². The fourth-order valence-electron chi connectivity index (χ4n) is 1.08. The first kappa shape index (κ1) is 13.7. The molecule has 0 aliphatic rings. The second kappa shape index (κ2) is 5.77. The number of hydrogen-bond acceptors (Lipinski definition) is 2. The van der Waals surface area contributed by atoms with Crippen LogP contribution in [0.25, 0.3) is 0 Å². The van der Waals surface area contributed by atoms with Crippen LogP contribution in [0.15, 0.2) is 0 Å². The Balaban J connectivity index is 0. The Hall–Kier alpha value is 0.170. The van der Waals surface area contributed by atoms with Crippen molar-refractivity contribution in [3.05, 3.63) is 0 Å². The van der Waals surface area contributed by atoms with Gasteiger partial charge in [-0.25, -0.2) is 0 Å². The van der Waals surface area contributed by atoms with Gasteiger partial charge >= 0.3 is 0 Å². The van der Waals surface area contributed by atoms with Crippen LogP contribution in [0, 0.1) is 0 Å². The maximum atomic E-state index is 9.02. The second-order valence-electron chi connectivity index (χ2n) is 3.41. The summed E-state index contributed by atoms with van der Waals surface area (Å²) in [5.41, 5.74) is 0. The third-order valence-electron chi connectivity index (χ3n) is 1.46. The number of aliphatic hydroxyl groups is 2. The molecule has 0 radical (unpaired) electrons. The summed E-state index contributed by atoms with van der Waals surface area (Å²) in [5, 5.41) is 17.6. The number of halogens is 1. The van der Waals surface area contributed by atoms with Crippen molar-refractivity contribution >= 4 is 0 Å². The van der Waals surface area contributed by atoms with Gasteiger partial charge in [0, 0.05) is 0 Å². The molecule has 0 heterocycles. The molecule has 4 heteroatoms. The summed E-state index contributed by atoms with van der Waals surface area (Å²) in [7, 11) is 3.98. The summed E-state index contributed by atoms with van der Waals surface area (Å²) >= 11 is 0. The van der Waals surface area contributed by atoms with E-state index < -0.39 is 0 Å². The van der Waals surface area contributed by atoms with Crippen molar-refractivity contribution in [1.82, 2.24) is 0 Å². The molecule has 2 N–H and O–H groups in total. The SMILES string of the molecule is CC(O)C[N+](C)(C)CCO.[Cl-]. The highest BCUT2D eigenvalue weighted by atomic mass is 35.5. The van der Waals surface area contributed by atoms with Gasteiger partial charge in [0.05, 0.1) is 20.7 Å². The lowest BCUT2D eigenvalue weighted by Gasteiger charge is -2.29. The van der Waals surface area contributed by atoms with E-state index in [2.05, 4.69) is 0 Å². The van der Waals surface area contributed by atoms with E-state index in [0.29, 0.717) is 17.6 Å². The smallest absolute Gasteiger partial charge is 0.104 e. The van der Waals surface area contributed by atoms with Crippen LogP contribution in [-0.4, -0.2) is 54.6 Å². The summed E-state index contributed by atoms with van der Waals surface area (Å²) < 4.78 is 0.675. The lowest BCUT2D eigenvalue weighted by Crippen LogP contribution is -3.00. The number of rotatable bonds is 4. The minimum Gasteiger partial charge on any atom is -1.00 e. The number of quaternary nitrogens is 1. The normalized spacial score (nSPS) is 13.9. The zero-order valence-corrected chi connectivity index (χ0v) is 8.17. The molecule has 70 valence electrons. The highest BCUT2D eigenvalue weighted by Crippen LogP contribution is 1.97. The summed E-state index contributed by atoms with van der Waals surface area (Å²) in [6, 6.07) is 0. The first-order valence-corrected chi connectivity index (χ1v) is 3.59. The molecule has 0 aromatic heterocycles. The standard InChI is InChI=1S/C7H18NO2.ClH/c1-7(10)6-8(2,3)4-5-9;/h7,9-10H,4-6H2,1-3H3;1H/q+1;/p-1. The molecule has 1 atom stereocenters. The maximum Gasteiger partial charge on any atom is 0.104 e. The summed E-state index contributed by atoms with van der Waals surface area (Å²) in [6.07, 6.45) is -0.290. The van der Waals surface area contributed by atoms with Gasteiger partial charge in [0.1, 0.15) is 19.2 Å². The van der Waals surface area contributed by atoms with E-state index in [0.717, 1.165) is 0 Å². The molecule has 11 heavy (non-hydrogen) atoms. The predicted molar refractivity (Wildman–Crippen MR) is 40.6 cm³/mol. The number of aliphatic hydroxyl groups excluding tert-OH is 2. The van der Waals surface area contributed by atoms with E-state index >= 15 is 0 Å². The minimum absolute atomic E-state index is 0.